The molecule has 1 aliphatic carbocycles. The van der Waals surface area contributed by atoms with Crippen LogP contribution in [0.4, 0.5) is 5.82 Å². The highest BCUT2D eigenvalue weighted by atomic mass is 15.3. The molecule has 0 radical (unpaired) electrons. The topological polar surface area (TPSA) is 46.8 Å². The van der Waals surface area contributed by atoms with Gasteiger partial charge in [-0.2, -0.15) is 5.10 Å². The smallest absolute Gasteiger partial charge is 0.151 e. The van der Waals surface area contributed by atoms with Gasteiger partial charge < -0.3 is 9.47 Å². The molecule has 0 unspecified atom stereocenters. The molecule has 2 aliphatic rings. The summed E-state index contributed by atoms with van der Waals surface area (Å²) in [7, 11) is 0. The van der Waals surface area contributed by atoms with E-state index in [1.54, 1.807) is 0 Å². The number of aromatic nitrogens is 4. The van der Waals surface area contributed by atoms with E-state index in [0.29, 0.717) is 5.92 Å². The van der Waals surface area contributed by atoms with Gasteiger partial charge in [0.15, 0.2) is 5.82 Å². The van der Waals surface area contributed by atoms with Crippen LogP contribution in [0, 0.1) is 12.8 Å². The molecule has 0 spiro atoms. The minimum Gasteiger partial charge on any atom is -0.354 e. The van der Waals surface area contributed by atoms with Gasteiger partial charge in [0.1, 0.15) is 5.82 Å². The van der Waals surface area contributed by atoms with Crippen molar-refractivity contribution in [1.29, 1.82) is 0 Å². The van der Waals surface area contributed by atoms with Crippen molar-refractivity contribution >= 4 is 5.82 Å². The summed E-state index contributed by atoms with van der Waals surface area (Å²) in [5.41, 5.74) is 2.64. The quantitative estimate of drug-likeness (QED) is 0.864. The molecule has 2 aromatic rings. The lowest BCUT2D eigenvalue weighted by atomic mass is 9.95. The molecule has 1 fully saturated rings. The van der Waals surface area contributed by atoms with E-state index >= 15 is 0 Å². The molecular formula is C16H21N5. The molecule has 5 heteroatoms. The first-order valence-electron chi connectivity index (χ1n) is 7.88. The first-order chi connectivity index (χ1) is 10.3. The lowest BCUT2D eigenvalue weighted by Crippen LogP contribution is -2.49. The number of rotatable bonds is 3. The Balaban J connectivity index is 1.40. The van der Waals surface area contributed by atoms with E-state index in [1.807, 2.05) is 6.20 Å². The van der Waals surface area contributed by atoms with E-state index in [1.165, 1.54) is 30.5 Å². The zero-order valence-electron chi connectivity index (χ0n) is 12.5. The molecule has 0 N–H and O–H groups in total. The van der Waals surface area contributed by atoms with Gasteiger partial charge in [-0.3, -0.25) is 0 Å². The molecule has 5 nitrogen and oxygen atoms in total. The molecule has 0 amide bonds. The molecule has 0 atom stereocenters. The highest BCUT2D eigenvalue weighted by molar-refractivity contribution is 5.44. The number of hydrogen-bond donors (Lipinski definition) is 0. The van der Waals surface area contributed by atoms with Gasteiger partial charge in [0.2, 0.25) is 0 Å². The Hall–Kier alpha value is -1.91. The summed E-state index contributed by atoms with van der Waals surface area (Å²) in [6.45, 7) is 5.27. The molecule has 1 saturated heterocycles. The molecule has 3 heterocycles. The number of hydrogen-bond acceptors (Lipinski definition) is 4. The second-order valence-corrected chi connectivity index (χ2v) is 6.28. The van der Waals surface area contributed by atoms with Crippen molar-refractivity contribution in [3.05, 3.63) is 35.5 Å². The molecule has 110 valence electrons. The monoisotopic (exact) mass is 283 g/mol. The average molecular weight is 283 g/mol. The maximum Gasteiger partial charge on any atom is 0.151 e. The third kappa shape index (κ3) is 2.41. The van der Waals surface area contributed by atoms with Crippen molar-refractivity contribution in [2.24, 2.45) is 5.92 Å². The normalized spacial score (nSPS) is 18.4. The predicted octanol–water partition coefficient (Wildman–Crippen LogP) is 2.00. The molecular weight excluding hydrogens is 262 g/mol. The van der Waals surface area contributed by atoms with Crippen molar-refractivity contribution in [2.45, 2.75) is 39.2 Å². The van der Waals surface area contributed by atoms with Gasteiger partial charge in [0, 0.05) is 37.9 Å². The van der Waals surface area contributed by atoms with Crippen LogP contribution in [0.25, 0.3) is 0 Å². The van der Waals surface area contributed by atoms with E-state index in [0.717, 1.165) is 37.7 Å². The number of aryl methyl sites for hydroxylation is 3. The van der Waals surface area contributed by atoms with Crippen LogP contribution in [0.2, 0.25) is 0 Å². The van der Waals surface area contributed by atoms with Gasteiger partial charge >= 0.3 is 0 Å². The highest BCUT2D eigenvalue weighted by Crippen LogP contribution is 2.27. The molecule has 4 rings (SSSR count). The van der Waals surface area contributed by atoms with E-state index in [9.17, 15) is 0 Å². The second kappa shape index (κ2) is 5.13. The SMILES string of the molecule is Cc1nccn1CC1CN(c2cc3c(nn2)CCCC3)C1. The Morgan fingerprint density at radius 1 is 1.19 bits per heavy atom. The van der Waals surface area contributed by atoms with Crippen molar-refractivity contribution in [3.63, 3.8) is 0 Å². The Labute approximate surface area is 125 Å². The van der Waals surface area contributed by atoms with Crippen molar-refractivity contribution < 1.29 is 0 Å². The van der Waals surface area contributed by atoms with E-state index in [4.69, 9.17) is 0 Å². The molecule has 0 bridgehead atoms. The fraction of sp³-hybridized carbons (Fsp3) is 0.562. The summed E-state index contributed by atoms with van der Waals surface area (Å²) in [4.78, 5) is 6.63. The Morgan fingerprint density at radius 2 is 2.05 bits per heavy atom. The van der Waals surface area contributed by atoms with Crippen molar-refractivity contribution in [1.82, 2.24) is 19.7 Å². The summed E-state index contributed by atoms with van der Waals surface area (Å²) in [6.07, 6.45) is 8.77. The first kappa shape index (κ1) is 12.8. The summed E-state index contributed by atoms with van der Waals surface area (Å²) in [5, 5.41) is 8.85. The van der Waals surface area contributed by atoms with Gasteiger partial charge in [-0.15, -0.1) is 5.10 Å². The minimum atomic E-state index is 0.690. The van der Waals surface area contributed by atoms with Gasteiger partial charge in [0.05, 0.1) is 5.69 Å². The van der Waals surface area contributed by atoms with Gasteiger partial charge in [-0.1, -0.05) is 0 Å². The Kier molecular flexibility index (Phi) is 3.13. The van der Waals surface area contributed by atoms with Gasteiger partial charge in [-0.05, 0) is 44.2 Å². The molecule has 0 saturated carbocycles. The van der Waals surface area contributed by atoms with Crippen LogP contribution in [-0.4, -0.2) is 32.8 Å². The van der Waals surface area contributed by atoms with Gasteiger partial charge in [0.25, 0.3) is 0 Å². The second-order valence-electron chi connectivity index (χ2n) is 6.28. The van der Waals surface area contributed by atoms with Crippen LogP contribution in [0.15, 0.2) is 18.5 Å². The van der Waals surface area contributed by atoms with Crippen molar-refractivity contribution in [3.8, 4) is 0 Å². The predicted molar refractivity (Wildman–Crippen MR) is 81.3 cm³/mol. The molecule has 21 heavy (non-hydrogen) atoms. The lowest BCUT2D eigenvalue weighted by Gasteiger charge is -2.40. The average Bonchev–Trinajstić information content (AvgIpc) is 2.87. The van der Waals surface area contributed by atoms with Gasteiger partial charge in [-0.25, -0.2) is 4.98 Å². The third-order valence-corrected chi connectivity index (χ3v) is 4.72. The summed E-state index contributed by atoms with van der Waals surface area (Å²) >= 11 is 0. The fourth-order valence-corrected chi connectivity index (χ4v) is 3.38. The highest BCUT2D eigenvalue weighted by Gasteiger charge is 2.29. The number of fused-ring (bicyclic) bond motifs is 1. The zero-order chi connectivity index (χ0) is 14.2. The maximum absolute atomic E-state index is 4.43. The summed E-state index contributed by atoms with van der Waals surface area (Å²) in [6, 6.07) is 2.26. The number of anilines is 1. The standard InChI is InChI=1S/C16H21N5/c1-12-17-6-7-20(12)9-13-10-21(11-13)16-8-14-4-2-3-5-15(14)18-19-16/h6-8,13H,2-5,9-11H2,1H3. The van der Waals surface area contributed by atoms with E-state index in [2.05, 4.69) is 43.8 Å². The van der Waals surface area contributed by atoms with Crippen LogP contribution in [0.3, 0.4) is 0 Å². The van der Waals surface area contributed by atoms with E-state index < -0.39 is 0 Å². The maximum atomic E-state index is 4.43. The Bertz CT molecular complexity index is 642. The fourth-order valence-electron chi connectivity index (χ4n) is 3.38. The van der Waals surface area contributed by atoms with Crippen LogP contribution < -0.4 is 4.90 Å². The third-order valence-electron chi connectivity index (χ3n) is 4.72. The lowest BCUT2D eigenvalue weighted by molar-refractivity contribution is 0.351. The zero-order valence-corrected chi connectivity index (χ0v) is 12.5. The van der Waals surface area contributed by atoms with Crippen LogP contribution in [-0.2, 0) is 19.4 Å². The van der Waals surface area contributed by atoms with Crippen LogP contribution in [0.5, 0.6) is 0 Å². The summed E-state index contributed by atoms with van der Waals surface area (Å²) in [5.74, 6) is 2.85. The summed E-state index contributed by atoms with van der Waals surface area (Å²) < 4.78 is 2.24. The largest absolute Gasteiger partial charge is 0.354 e. The Morgan fingerprint density at radius 3 is 2.86 bits per heavy atom. The number of imidazole rings is 1. The number of nitrogens with zero attached hydrogens (tertiary/aromatic N) is 5. The minimum absolute atomic E-state index is 0.690. The first-order valence-corrected chi connectivity index (χ1v) is 7.88. The van der Waals surface area contributed by atoms with Crippen molar-refractivity contribution in [2.75, 3.05) is 18.0 Å². The molecule has 1 aliphatic heterocycles. The van der Waals surface area contributed by atoms with E-state index in [-0.39, 0.29) is 0 Å². The molecule has 2 aromatic heterocycles. The molecule has 0 aromatic carbocycles. The van der Waals surface area contributed by atoms with Crippen LogP contribution >= 0.6 is 0 Å². The van der Waals surface area contributed by atoms with Crippen LogP contribution in [0.1, 0.15) is 29.9 Å².